The Balaban J connectivity index is 1.53. The molecule has 0 atom stereocenters. The number of aromatic nitrogens is 3. The quantitative estimate of drug-likeness (QED) is 0.469. The van der Waals surface area contributed by atoms with Gasteiger partial charge in [-0.25, -0.2) is 9.97 Å². The molecule has 0 aliphatic rings. The van der Waals surface area contributed by atoms with Crippen molar-refractivity contribution in [2.24, 2.45) is 0 Å². The SMILES string of the molecule is O=C(NCc1ncco1)c1ccc(-c2ccccc2)nc1NCCc1ccccn1. The van der Waals surface area contributed by atoms with Crippen molar-refractivity contribution in [1.82, 2.24) is 20.3 Å². The van der Waals surface area contributed by atoms with E-state index >= 15 is 0 Å². The summed E-state index contributed by atoms with van der Waals surface area (Å²) in [5.41, 5.74) is 3.21. The standard InChI is InChI=1S/C23H21N5O2/c29-23(27-16-21-25-14-15-30-21)19-9-10-20(17-6-2-1-3-7-17)28-22(19)26-13-11-18-8-4-5-12-24-18/h1-10,12,14-15H,11,13,16H2,(H,26,28)(H,27,29). The molecule has 1 amide bonds. The minimum absolute atomic E-state index is 0.208. The molecule has 0 bridgehead atoms. The number of anilines is 1. The molecule has 4 aromatic rings. The monoisotopic (exact) mass is 399 g/mol. The van der Waals surface area contributed by atoms with Crippen molar-refractivity contribution in [3.8, 4) is 11.3 Å². The fraction of sp³-hybridized carbons (Fsp3) is 0.130. The number of hydrogen-bond acceptors (Lipinski definition) is 6. The zero-order valence-electron chi connectivity index (χ0n) is 16.3. The zero-order chi connectivity index (χ0) is 20.6. The first-order chi connectivity index (χ1) is 14.8. The molecule has 7 nitrogen and oxygen atoms in total. The Morgan fingerprint density at radius 2 is 1.80 bits per heavy atom. The maximum Gasteiger partial charge on any atom is 0.255 e. The van der Waals surface area contributed by atoms with Crippen LogP contribution < -0.4 is 10.6 Å². The summed E-state index contributed by atoms with van der Waals surface area (Å²) in [5, 5.41) is 6.12. The topological polar surface area (TPSA) is 92.9 Å². The van der Waals surface area contributed by atoms with Gasteiger partial charge in [0.15, 0.2) is 0 Å². The van der Waals surface area contributed by atoms with Gasteiger partial charge >= 0.3 is 0 Å². The highest BCUT2D eigenvalue weighted by molar-refractivity contribution is 5.99. The number of hydrogen-bond donors (Lipinski definition) is 2. The number of oxazole rings is 1. The first-order valence-corrected chi connectivity index (χ1v) is 9.66. The van der Waals surface area contributed by atoms with Crippen LogP contribution in [0.5, 0.6) is 0 Å². The van der Waals surface area contributed by atoms with E-state index in [9.17, 15) is 4.79 Å². The first-order valence-electron chi connectivity index (χ1n) is 9.66. The molecule has 0 fully saturated rings. The van der Waals surface area contributed by atoms with Crippen LogP contribution in [0.2, 0.25) is 0 Å². The van der Waals surface area contributed by atoms with Crippen molar-refractivity contribution < 1.29 is 9.21 Å². The van der Waals surface area contributed by atoms with Gasteiger partial charge in [-0.2, -0.15) is 0 Å². The minimum Gasteiger partial charge on any atom is -0.447 e. The summed E-state index contributed by atoms with van der Waals surface area (Å²) < 4.78 is 5.18. The molecule has 3 aromatic heterocycles. The number of pyridine rings is 2. The van der Waals surface area contributed by atoms with E-state index in [4.69, 9.17) is 9.40 Å². The Morgan fingerprint density at radius 1 is 0.933 bits per heavy atom. The molecule has 0 unspecified atom stereocenters. The van der Waals surface area contributed by atoms with E-state index in [0.29, 0.717) is 23.8 Å². The molecule has 150 valence electrons. The number of rotatable bonds is 8. The van der Waals surface area contributed by atoms with Crippen molar-refractivity contribution in [1.29, 1.82) is 0 Å². The second kappa shape index (κ2) is 9.47. The molecule has 0 aliphatic heterocycles. The van der Waals surface area contributed by atoms with Crippen LogP contribution in [0.15, 0.2) is 83.7 Å². The van der Waals surface area contributed by atoms with Gasteiger partial charge in [0.05, 0.1) is 24.0 Å². The Morgan fingerprint density at radius 3 is 2.57 bits per heavy atom. The highest BCUT2D eigenvalue weighted by Crippen LogP contribution is 2.22. The third kappa shape index (κ3) is 4.88. The summed E-state index contributed by atoms with van der Waals surface area (Å²) in [6.07, 6.45) is 5.51. The van der Waals surface area contributed by atoms with E-state index in [2.05, 4.69) is 20.6 Å². The molecular formula is C23H21N5O2. The predicted octanol–water partition coefficient (Wildman–Crippen LogP) is 3.72. The van der Waals surface area contributed by atoms with Gasteiger partial charge in [-0.05, 0) is 24.3 Å². The molecule has 0 spiro atoms. The van der Waals surface area contributed by atoms with Crippen molar-refractivity contribution in [3.05, 3.63) is 96.5 Å². The Bertz CT molecular complexity index is 1080. The van der Waals surface area contributed by atoms with Crippen molar-refractivity contribution in [2.75, 3.05) is 11.9 Å². The molecule has 2 N–H and O–H groups in total. The van der Waals surface area contributed by atoms with E-state index in [1.165, 1.54) is 6.26 Å². The van der Waals surface area contributed by atoms with Gasteiger partial charge in [-0.1, -0.05) is 36.4 Å². The van der Waals surface area contributed by atoms with E-state index in [-0.39, 0.29) is 12.5 Å². The molecule has 0 aliphatic carbocycles. The van der Waals surface area contributed by atoms with Crippen LogP contribution in [0.25, 0.3) is 11.3 Å². The zero-order valence-corrected chi connectivity index (χ0v) is 16.3. The lowest BCUT2D eigenvalue weighted by Gasteiger charge is -2.13. The fourth-order valence-corrected chi connectivity index (χ4v) is 2.99. The summed E-state index contributed by atoms with van der Waals surface area (Å²) in [4.78, 5) is 25.8. The molecule has 4 rings (SSSR count). The lowest BCUT2D eigenvalue weighted by molar-refractivity contribution is 0.0948. The Hall–Kier alpha value is -4.00. The van der Waals surface area contributed by atoms with E-state index < -0.39 is 0 Å². The van der Waals surface area contributed by atoms with Crippen molar-refractivity contribution in [3.63, 3.8) is 0 Å². The average molecular weight is 399 g/mol. The highest BCUT2D eigenvalue weighted by atomic mass is 16.3. The molecule has 0 saturated carbocycles. The number of nitrogens with one attached hydrogen (secondary N) is 2. The van der Waals surface area contributed by atoms with Crippen LogP contribution in [0.1, 0.15) is 21.9 Å². The largest absolute Gasteiger partial charge is 0.447 e. The van der Waals surface area contributed by atoms with Gasteiger partial charge < -0.3 is 15.1 Å². The van der Waals surface area contributed by atoms with Gasteiger partial charge in [0.25, 0.3) is 5.91 Å². The van der Waals surface area contributed by atoms with Gasteiger partial charge in [-0.3, -0.25) is 9.78 Å². The highest BCUT2D eigenvalue weighted by Gasteiger charge is 2.15. The smallest absolute Gasteiger partial charge is 0.255 e. The Labute approximate surface area is 174 Å². The van der Waals surface area contributed by atoms with Crippen LogP contribution >= 0.6 is 0 Å². The maximum absolute atomic E-state index is 12.8. The van der Waals surface area contributed by atoms with Crippen molar-refractivity contribution in [2.45, 2.75) is 13.0 Å². The van der Waals surface area contributed by atoms with Crippen molar-refractivity contribution >= 4 is 11.7 Å². The van der Waals surface area contributed by atoms with Gasteiger partial charge in [0.1, 0.15) is 12.1 Å². The number of carbonyl (C=O) groups is 1. The maximum atomic E-state index is 12.8. The van der Waals surface area contributed by atoms with Crippen LogP contribution in [0.4, 0.5) is 5.82 Å². The molecule has 1 aromatic carbocycles. The fourth-order valence-electron chi connectivity index (χ4n) is 2.99. The average Bonchev–Trinajstić information content (AvgIpc) is 3.32. The number of benzene rings is 1. The predicted molar refractivity (Wildman–Crippen MR) is 114 cm³/mol. The van der Waals surface area contributed by atoms with Crippen LogP contribution in [0.3, 0.4) is 0 Å². The lowest BCUT2D eigenvalue weighted by atomic mass is 10.1. The van der Waals surface area contributed by atoms with E-state index in [0.717, 1.165) is 23.4 Å². The van der Waals surface area contributed by atoms with Crippen LogP contribution in [0, 0.1) is 0 Å². The number of amides is 1. The third-order valence-corrected chi connectivity index (χ3v) is 4.49. The van der Waals surface area contributed by atoms with Crippen LogP contribution in [-0.2, 0) is 13.0 Å². The molecular weight excluding hydrogens is 378 g/mol. The molecule has 0 radical (unpaired) electrons. The van der Waals surface area contributed by atoms with E-state index in [1.807, 2.05) is 54.6 Å². The summed E-state index contributed by atoms with van der Waals surface area (Å²) in [7, 11) is 0. The summed E-state index contributed by atoms with van der Waals surface area (Å²) in [6, 6.07) is 19.3. The second-order valence-corrected chi connectivity index (χ2v) is 6.57. The summed E-state index contributed by atoms with van der Waals surface area (Å²) >= 11 is 0. The number of carbonyl (C=O) groups excluding carboxylic acids is 1. The van der Waals surface area contributed by atoms with E-state index in [1.54, 1.807) is 18.5 Å². The molecule has 0 saturated heterocycles. The molecule has 3 heterocycles. The first kappa shape index (κ1) is 19.3. The minimum atomic E-state index is -0.249. The van der Waals surface area contributed by atoms with Gasteiger partial charge in [0, 0.05) is 30.4 Å². The summed E-state index contributed by atoms with van der Waals surface area (Å²) in [6.45, 7) is 0.807. The molecule has 30 heavy (non-hydrogen) atoms. The normalized spacial score (nSPS) is 10.5. The third-order valence-electron chi connectivity index (χ3n) is 4.49. The molecule has 7 heteroatoms. The lowest BCUT2D eigenvalue weighted by Crippen LogP contribution is -2.25. The van der Waals surface area contributed by atoms with Gasteiger partial charge in [-0.15, -0.1) is 0 Å². The van der Waals surface area contributed by atoms with Gasteiger partial charge in [0.2, 0.25) is 5.89 Å². The summed E-state index contributed by atoms with van der Waals surface area (Å²) in [5.74, 6) is 0.722. The van der Waals surface area contributed by atoms with Crippen LogP contribution in [-0.4, -0.2) is 27.4 Å². The number of nitrogens with zero attached hydrogens (tertiary/aromatic N) is 3. The second-order valence-electron chi connectivity index (χ2n) is 6.57. The Kier molecular flexibility index (Phi) is 6.10.